The van der Waals surface area contributed by atoms with E-state index in [-0.39, 0.29) is 51.2 Å². The third kappa shape index (κ3) is 4.74. The number of fused-ring (bicyclic) bond motifs is 3. The lowest BCUT2D eigenvalue weighted by atomic mass is 9.77. The summed E-state index contributed by atoms with van der Waals surface area (Å²) < 4.78 is 63.4. The molecule has 3 unspecified atom stereocenters. The number of rotatable bonds is 9. The zero-order valence-corrected chi connectivity index (χ0v) is 21.5. The molecule has 0 radical (unpaired) electrons. The summed E-state index contributed by atoms with van der Waals surface area (Å²) in [4.78, 5) is 27.1. The minimum Gasteiger partial charge on any atom is -0.497 e. The number of esters is 1. The molecule has 5 rings (SSSR count). The number of benzene rings is 1. The van der Waals surface area contributed by atoms with Crippen LogP contribution in [0.2, 0.25) is 0 Å². The zero-order valence-electron chi connectivity index (χ0n) is 26.5. The Bertz CT molecular complexity index is 1330. The smallest absolute Gasteiger partial charge is 0.339 e. The maximum Gasteiger partial charge on any atom is 0.339 e. The zero-order chi connectivity index (χ0) is 31.6. The number of carboxylic acids is 1. The van der Waals surface area contributed by atoms with Gasteiger partial charge in [-0.3, -0.25) is 9.69 Å². The van der Waals surface area contributed by atoms with Crippen LogP contribution in [0.1, 0.15) is 76.3 Å². The number of hydrogen-bond acceptors (Lipinski definition) is 9. The lowest BCUT2D eigenvalue weighted by Gasteiger charge is -2.39. The molecule has 1 aromatic rings. The molecule has 4 aliphatic rings. The van der Waals surface area contributed by atoms with Crippen LogP contribution in [0.3, 0.4) is 0 Å². The van der Waals surface area contributed by atoms with Crippen LogP contribution in [-0.2, 0) is 25.5 Å². The fourth-order valence-corrected chi connectivity index (χ4v) is 6.21. The molecule has 0 amide bonds. The maximum atomic E-state index is 13.7. The summed E-state index contributed by atoms with van der Waals surface area (Å²) in [5.74, 6) is -2.94. The van der Waals surface area contributed by atoms with Crippen molar-refractivity contribution in [1.82, 2.24) is 4.90 Å². The van der Waals surface area contributed by atoms with Gasteiger partial charge >= 0.3 is 11.9 Å². The van der Waals surface area contributed by atoms with Gasteiger partial charge in [-0.15, -0.1) is 0 Å². The number of nitrogens with zero attached hydrogens (tertiary/aromatic N) is 1. The molecule has 1 spiro atoms. The first-order chi connectivity index (χ1) is 19.8. The summed E-state index contributed by atoms with van der Waals surface area (Å²) in [6, 6.07) is 3.50. The number of carbonyl (C=O) groups is 2. The highest BCUT2D eigenvalue weighted by atomic mass is 16.7. The summed E-state index contributed by atoms with van der Waals surface area (Å²) in [6.45, 7) is 1.57. The van der Waals surface area contributed by atoms with Gasteiger partial charge < -0.3 is 34.3 Å². The van der Waals surface area contributed by atoms with Gasteiger partial charge in [0.25, 0.3) is 0 Å². The van der Waals surface area contributed by atoms with Crippen LogP contribution in [0.5, 0.6) is 11.5 Å². The number of aliphatic hydroxyl groups is 2. The largest absolute Gasteiger partial charge is 0.497 e. The lowest BCUT2D eigenvalue weighted by molar-refractivity contribution is -0.178. The highest BCUT2D eigenvalue weighted by molar-refractivity contribution is 5.85. The Morgan fingerprint density at radius 2 is 2.03 bits per heavy atom. The average molecular weight is 537 g/mol. The Morgan fingerprint density at radius 3 is 2.74 bits per heavy atom. The molecular formula is C28H37NO9. The Balaban J connectivity index is 1.59. The molecule has 10 nitrogen and oxygen atoms in total. The highest BCUT2D eigenvalue weighted by Crippen LogP contribution is 2.55. The topological polar surface area (TPSA) is 135 Å². The SMILES string of the molecule is [2H]C([2H])([2H])OC1=CC23CCC([2H])([2H])N2CCc2cc4c(cc2[C@@H]3C1OC(=O)C(O)(CCCC(C)(C)O)CC(=O)O)OCO4. The van der Waals surface area contributed by atoms with E-state index in [0.717, 1.165) is 5.56 Å². The number of carbonyl (C=O) groups excluding carboxylic acids is 1. The Kier molecular flexibility index (Phi) is 5.39. The number of ether oxygens (including phenoxy) is 4. The van der Waals surface area contributed by atoms with Gasteiger partial charge in [0.2, 0.25) is 6.79 Å². The van der Waals surface area contributed by atoms with Crippen molar-refractivity contribution in [2.75, 3.05) is 26.9 Å². The van der Waals surface area contributed by atoms with Crippen LogP contribution in [0.25, 0.3) is 0 Å². The summed E-state index contributed by atoms with van der Waals surface area (Å²) >= 11 is 0. The molecular weight excluding hydrogens is 494 g/mol. The van der Waals surface area contributed by atoms with E-state index in [9.17, 15) is 24.9 Å². The van der Waals surface area contributed by atoms with E-state index < -0.39 is 60.7 Å². The second-order valence-electron chi connectivity index (χ2n) is 11.2. The van der Waals surface area contributed by atoms with Gasteiger partial charge in [0, 0.05) is 9.29 Å². The normalized spacial score (nSPS) is 31.1. The second kappa shape index (κ2) is 9.73. The van der Waals surface area contributed by atoms with Gasteiger partial charge in [-0.2, -0.15) is 0 Å². The molecule has 10 heteroatoms. The minimum atomic E-state index is -2.96. The second-order valence-corrected chi connectivity index (χ2v) is 11.2. The summed E-state index contributed by atoms with van der Waals surface area (Å²) in [7, 11) is -2.96. The Hall–Kier alpha value is -2.82. The molecule has 0 aromatic heterocycles. The van der Waals surface area contributed by atoms with E-state index in [0.29, 0.717) is 23.5 Å². The predicted molar refractivity (Wildman–Crippen MR) is 135 cm³/mol. The van der Waals surface area contributed by atoms with Crippen LogP contribution >= 0.6 is 0 Å². The fraction of sp³-hybridized carbons (Fsp3) is 0.643. The van der Waals surface area contributed by atoms with E-state index in [2.05, 4.69) is 0 Å². The average Bonchev–Trinajstić information content (AvgIpc) is 3.46. The molecule has 3 N–H and O–H groups in total. The van der Waals surface area contributed by atoms with Gasteiger partial charge in [0.1, 0.15) is 5.76 Å². The summed E-state index contributed by atoms with van der Waals surface area (Å²) in [5.41, 5.74) is -3.42. The summed E-state index contributed by atoms with van der Waals surface area (Å²) in [5, 5.41) is 31.0. The van der Waals surface area contributed by atoms with Gasteiger partial charge in [-0.25, -0.2) is 4.79 Å². The van der Waals surface area contributed by atoms with E-state index >= 15 is 0 Å². The van der Waals surface area contributed by atoms with Crippen LogP contribution in [0.15, 0.2) is 24.0 Å². The summed E-state index contributed by atoms with van der Waals surface area (Å²) in [6.07, 6.45) is -0.241. The van der Waals surface area contributed by atoms with Crippen LogP contribution < -0.4 is 9.47 Å². The van der Waals surface area contributed by atoms with Crippen molar-refractivity contribution < 1.29 is 50.7 Å². The molecule has 4 atom stereocenters. The van der Waals surface area contributed by atoms with Gasteiger partial charge in [0.15, 0.2) is 23.2 Å². The molecule has 1 aromatic carbocycles. The number of carboxylic acid groups (broad SMARTS) is 1. The van der Waals surface area contributed by atoms with Crippen molar-refractivity contribution in [3.63, 3.8) is 0 Å². The van der Waals surface area contributed by atoms with Crippen LogP contribution in [0.4, 0.5) is 0 Å². The molecule has 3 heterocycles. The van der Waals surface area contributed by atoms with Crippen LogP contribution in [0, 0.1) is 0 Å². The maximum absolute atomic E-state index is 13.7. The third-order valence-corrected chi connectivity index (χ3v) is 7.97. The minimum absolute atomic E-state index is 0.000344. The number of methoxy groups -OCH3 is 1. The van der Waals surface area contributed by atoms with Gasteiger partial charge in [-0.05, 0) is 88.2 Å². The predicted octanol–water partition coefficient (Wildman–Crippen LogP) is 2.49. The highest BCUT2D eigenvalue weighted by Gasteiger charge is 2.59. The monoisotopic (exact) mass is 536 g/mol. The molecule has 1 fully saturated rings. The van der Waals surface area contributed by atoms with Crippen LogP contribution in [-0.4, -0.2) is 81.9 Å². The first-order valence-electron chi connectivity index (χ1n) is 15.3. The molecule has 1 aliphatic carbocycles. The number of aliphatic carboxylic acids is 1. The molecule has 3 aliphatic heterocycles. The third-order valence-electron chi connectivity index (χ3n) is 7.97. The molecule has 208 valence electrons. The first-order valence-corrected chi connectivity index (χ1v) is 12.8. The standard InChI is InChI=1S/C28H37NO9/c1-26(2,33)7-4-9-28(34,15-22(30)31)25(32)38-24-21(35-3)14-27-8-5-10-29(27)11-6-17-12-19-20(37-16-36-19)13-18(17)23(24)27/h12-14,23-24,33-34H,4-11,15-16H2,1-3H3,(H,30,31)/t23-,24?,27?,28?/m1/s1/i3D3,10D2. The van der Waals surface area contributed by atoms with Gasteiger partial charge in [0.05, 0.1) is 34.6 Å². The molecule has 38 heavy (non-hydrogen) atoms. The van der Waals surface area contributed by atoms with Crippen molar-refractivity contribution in [2.24, 2.45) is 0 Å². The van der Waals surface area contributed by atoms with E-state index in [1.165, 1.54) is 6.08 Å². The molecule has 0 bridgehead atoms. The number of hydrogen-bond donors (Lipinski definition) is 3. The lowest BCUT2D eigenvalue weighted by Crippen LogP contribution is -2.49. The van der Waals surface area contributed by atoms with E-state index in [4.69, 9.17) is 25.8 Å². The van der Waals surface area contributed by atoms with Crippen molar-refractivity contribution in [3.05, 3.63) is 35.1 Å². The molecule has 1 saturated heterocycles. The van der Waals surface area contributed by atoms with Crippen molar-refractivity contribution in [2.45, 2.75) is 87.6 Å². The van der Waals surface area contributed by atoms with Crippen molar-refractivity contribution in [1.29, 1.82) is 0 Å². The Labute approximate surface area is 229 Å². The van der Waals surface area contributed by atoms with E-state index in [1.54, 1.807) is 30.9 Å². The Morgan fingerprint density at radius 1 is 1.26 bits per heavy atom. The fourth-order valence-electron chi connectivity index (χ4n) is 6.21. The van der Waals surface area contributed by atoms with E-state index in [1.807, 2.05) is 0 Å². The first kappa shape index (κ1) is 21.1. The van der Waals surface area contributed by atoms with Gasteiger partial charge in [-0.1, -0.05) is 0 Å². The van der Waals surface area contributed by atoms with Crippen molar-refractivity contribution >= 4 is 11.9 Å². The quantitative estimate of drug-likeness (QED) is 0.404. The van der Waals surface area contributed by atoms with Crippen molar-refractivity contribution in [3.8, 4) is 11.5 Å². The molecule has 0 saturated carbocycles.